The van der Waals surface area contributed by atoms with Gasteiger partial charge in [0, 0.05) is 6.26 Å². The highest BCUT2D eigenvalue weighted by Gasteiger charge is 2.42. The molecule has 1 saturated carbocycles. The van der Waals surface area contributed by atoms with Gasteiger partial charge in [0.15, 0.2) is 15.7 Å². The van der Waals surface area contributed by atoms with Gasteiger partial charge in [-0.25, -0.2) is 13.1 Å². The molecule has 9 heteroatoms. The van der Waals surface area contributed by atoms with Gasteiger partial charge in [-0.3, -0.25) is 4.79 Å². The largest absolute Gasteiger partial charge is 0.481 e. The first-order valence-corrected chi connectivity index (χ1v) is 8.05. The number of hydrogen-bond donors (Lipinski definition) is 1. The van der Waals surface area contributed by atoms with Crippen molar-refractivity contribution >= 4 is 15.8 Å². The number of aromatic nitrogens is 4. The van der Waals surface area contributed by atoms with Crippen LogP contribution in [-0.4, -0.2) is 46.0 Å². The van der Waals surface area contributed by atoms with E-state index in [1.54, 1.807) is 0 Å². The maximum Gasteiger partial charge on any atom is 0.311 e. The van der Waals surface area contributed by atoms with Gasteiger partial charge in [-0.2, -0.15) is 0 Å². The van der Waals surface area contributed by atoms with Crippen LogP contribution in [0, 0.1) is 5.41 Å². The third-order valence-electron chi connectivity index (χ3n) is 3.46. The topological polar surface area (TPSA) is 115 Å². The molecule has 1 heterocycles. The van der Waals surface area contributed by atoms with E-state index in [0.717, 1.165) is 19.1 Å². The minimum atomic E-state index is -3.25. The first-order chi connectivity index (χ1) is 8.82. The Balaban J connectivity index is 2.24. The zero-order valence-corrected chi connectivity index (χ0v) is 11.4. The number of aliphatic carboxylic acids is 1. The van der Waals surface area contributed by atoms with Crippen molar-refractivity contribution in [3.63, 3.8) is 0 Å². The Kier molecular flexibility index (Phi) is 3.57. The molecule has 1 aromatic heterocycles. The summed E-state index contributed by atoms with van der Waals surface area (Å²) >= 11 is 0. The summed E-state index contributed by atoms with van der Waals surface area (Å²) in [5.41, 5.74) is -0.873. The molecule has 2 rings (SSSR count). The Morgan fingerprint density at radius 1 is 1.42 bits per heavy atom. The smallest absolute Gasteiger partial charge is 0.311 e. The van der Waals surface area contributed by atoms with Crippen molar-refractivity contribution in [3.8, 4) is 0 Å². The maximum absolute atomic E-state index is 11.4. The van der Waals surface area contributed by atoms with Crippen LogP contribution < -0.4 is 0 Å². The molecule has 0 amide bonds. The quantitative estimate of drug-likeness (QED) is 0.801. The van der Waals surface area contributed by atoms with Gasteiger partial charge in [-0.05, 0) is 23.3 Å². The van der Waals surface area contributed by atoms with E-state index in [0.29, 0.717) is 12.8 Å². The molecule has 0 unspecified atom stereocenters. The molecule has 0 bridgehead atoms. The minimum Gasteiger partial charge on any atom is -0.481 e. The normalized spacial score (nSPS) is 18.6. The molecule has 0 saturated heterocycles. The lowest BCUT2D eigenvalue weighted by atomic mass is 9.86. The van der Waals surface area contributed by atoms with E-state index in [9.17, 15) is 18.3 Å². The van der Waals surface area contributed by atoms with E-state index >= 15 is 0 Å². The summed E-state index contributed by atoms with van der Waals surface area (Å²) in [4.78, 5) is 11.4. The molecule has 1 aliphatic carbocycles. The molecule has 0 spiro atoms. The molecule has 1 fully saturated rings. The number of nitrogens with zero attached hydrogens (tertiary/aromatic N) is 4. The van der Waals surface area contributed by atoms with Crippen molar-refractivity contribution in [3.05, 3.63) is 5.82 Å². The van der Waals surface area contributed by atoms with Gasteiger partial charge in [-0.15, -0.1) is 5.10 Å². The molecule has 1 N–H and O–H groups in total. The molecule has 19 heavy (non-hydrogen) atoms. The van der Waals surface area contributed by atoms with Crippen LogP contribution in [-0.2, 0) is 26.9 Å². The first kappa shape index (κ1) is 13.9. The lowest BCUT2D eigenvalue weighted by Crippen LogP contribution is -2.34. The fourth-order valence-corrected chi connectivity index (χ4v) is 3.14. The highest BCUT2D eigenvalue weighted by atomic mass is 32.2. The third kappa shape index (κ3) is 3.09. The number of carboxylic acid groups (broad SMARTS) is 1. The number of rotatable bonds is 5. The number of tetrazole rings is 1. The van der Waals surface area contributed by atoms with E-state index in [-0.39, 0.29) is 18.1 Å². The van der Waals surface area contributed by atoms with Crippen LogP contribution in [0.15, 0.2) is 0 Å². The fourth-order valence-electron chi connectivity index (χ4n) is 2.46. The number of carbonyl (C=O) groups is 1. The van der Waals surface area contributed by atoms with Gasteiger partial charge in [-0.1, -0.05) is 12.8 Å². The molecular weight excluding hydrogens is 272 g/mol. The van der Waals surface area contributed by atoms with Gasteiger partial charge < -0.3 is 5.11 Å². The number of hydrogen-bond acceptors (Lipinski definition) is 6. The first-order valence-electron chi connectivity index (χ1n) is 5.99. The van der Waals surface area contributed by atoms with Gasteiger partial charge in [0.25, 0.3) is 0 Å². The zero-order valence-electron chi connectivity index (χ0n) is 10.6. The van der Waals surface area contributed by atoms with E-state index in [2.05, 4.69) is 15.5 Å². The highest BCUT2D eigenvalue weighted by molar-refractivity contribution is 7.89. The maximum atomic E-state index is 11.4. The summed E-state index contributed by atoms with van der Waals surface area (Å²) in [6, 6.07) is 0. The van der Waals surface area contributed by atoms with Crippen LogP contribution in [0.25, 0.3) is 0 Å². The fraction of sp³-hybridized carbons (Fsp3) is 0.800. The molecule has 106 valence electrons. The second-order valence-corrected chi connectivity index (χ2v) is 7.26. The summed E-state index contributed by atoms with van der Waals surface area (Å²) < 4.78 is 23.9. The highest BCUT2D eigenvalue weighted by Crippen LogP contribution is 2.39. The molecule has 0 aromatic carbocycles. The Morgan fingerprint density at radius 3 is 2.58 bits per heavy atom. The molecule has 0 aliphatic heterocycles. The van der Waals surface area contributed by atoms with E-state index in [1.165, 1.54) is 4.68 Å². The molecule has 1 aliphatic rings. The summed E-state index contributed by atoms with van der Waals surface area (Å²) in [6.45, 7) is 0.125. The van der Waals surface area contributed by atoms with Crippen LogP contribution in [0.1, 0.15) is 31.5 Å². The van der Waals surface area contributed by atoms with Crippen molar-refractivity contribution in [1.82, 2.24) is 20.2 Å². The van der Waals surface area contributed by atoms with Gasteiger partial charge in [0.2, 0.25) is 0 Å². The molecule has 0 atom stereocenters. The second-order valence-electron chi connectivity index (χ2n) is 5.12. The monoisotopic (exact) mass is 288 g/mol. The summed E-state index contributed by atoms with van der Waals surface area (Å²) in [5, 5.41) is 20.2. The molecule has 0 radical (unpaired) electrons. The summed E-state index contributed by atoms with van der Waals surface area (Å²) in [5.74, 6) is -0.962. The van der Waals surface area contributed by atoms with Crippen LogP contribution in [0.4, 0.5) is 0 Å². The van der Waals surface area contributed by atoms with Crippen molar-refractivity contribution in [2.75, 3.05) is 6.26 Å². The Hall–Kier alpha value is -1.51. The van der Waals surface area contributed by atoms with Crippen LogP contribution in [0.5, 0.6) is 0 Å². The second kappa shape index (κ2) is 4.87. The predicted molar refractivity (Wildman–Crippen MR) is 64.9 cm³/mol. The molecule has 1 aromatic rings. The molecule has 8 nitrogen and oxygen atoms in total. The van der Waals surface area contributed by atoms with E-state index < -0.39 is 21.2 Å². The lowest BCUT2D eigenvalue weighted by molar-refractivity contribution is -0.149. The average molecular weight is 288 g/mol. The Bertz CT molecular complexity index is 574. The summed E-state index contributed by atoms with van der Waals surface area (Å²) in [7, 11) is -3.25. The number of carboxylic acids is 1. The SMILES string of the molecule is CS(=O)(=O)Cc1nnnn1CC1(C(=O)O)CCCC1. The van der Waals surface area contributed by atoms with Crippen molar-refractivity contribution in [1.29, 1.82) is 0 Å². The van der Waals surface area contributed by atoms with Crippen LogP contribution in [0.3, 0.4) is 0 Å². The van der Waals surface area contributed by atoms with Crippen molar-refractivity contribution in [2.45, 2.75) is 38.0 Å². The average Bonchev–Trinajstić information content (AvgIpc) is 2.88. The third-order valence-corrected chi connectivity index (χ3v) is 4.25. The zero-order chi connectivity index (χ0) is 14.1. The van der Waals surface area contributed by atoms with Gasteiger partial charge in [0.05, 0.1) is 12.0 Å². The minimum absolute atomic E-state index is 0.125. The van der Waals surface area contributed by atoms with Crippen molar-refractivity contribution < 1.29 is 18.3 Å². The van der Waals surface area contributed by atoms with Crippen molar-refractivity contribution in [2.24, 2.45) is 5.41 Å². The van der Waals surface area contributed by atoms with E-state index in [1.807, 2.05) is 0 Å². The molecular formula is C10H16N4O4S. The standard InChI is InChI=1S/C10H16N4O4S/c1-19(17,18)6-8-11-12-13-14(8)7-10(9(15)16)4-2-3-5-10/h2-7H2,1H3,(H,15,16). The lowest BCUT2D eigenvalue weighted by Gasteiger charge is -2.23. The Morgan fingerprint density at radius 2 is 2.05 bits per heavy atom. The van der Waals surface area contributed by atoms with Gasteiger partial charge in [0.1, 0.15) is 5.75 Å². The van der Waals surface area contributed by atoms with Crippen LogP contribution in [0.2, 0.25) is 0 Å². The van der Waals surface area contributed by atoms with E-state index in [4.69, 9.17) is 0 Å². The van der Waals surface area contributed by atoms with Crippen LogP contribution >= 0.6 is 0 Å². The summed E-state index contributed by atoms with van der Waals surface area (Å²) in [6.07, 6.45) is 3.95. The van der Waals surface area contributed by atoms with Gasteiger partial charge >= 0.3 is 5.97 Å². The predicted octanol–water partition coefficient (Wildman–Crippen LogP) is -0.137. The number of sulfone groups is 1. The Labute approximate surface area is 110 Å².